The van der Waals surface area contributed by atoms with Crippen LogP contribution in [-0.4, -0.2) is 42.0 Å². The van der Waals surface area contributed by atoms with Crippen molar-refractivity contribution in [3.8, 4) is 11.4 Å². The van der Waals surface area contributed by atoms with E-state index in [9.17, 15) is 13.6 Å². The van der Waals surface area contributed by atoms with Crippen LogP contribution in [0.5, 0.6) is 5.75 Å². The minimum Gasteiger partial charge on any atom is -0.435 e. The molecule has 4 rings (SSSR count). The van der Waals surface area contributed by atoms with Gasteiger partial charge in [-0.2, -0.15) is 13.9 Å². The van der Waals surface area contributed by atoms with Crippen molar-refractivity contribution in [1.82, 2.24) is 15.1 Å². The Kier molecular flexibility index (Phi) is 6.01. The molecular weight excluding hydrogens is 394 g/mol. The lowest BCUT2D eigenvalue weighted by Crippen LogP contribution is -2.33. The number of aromatic nitrogens is 2. The fourth-order valence-corrected chi connectivity index (χ4v) is 3.13. The Morgan fingerprint density at radius 2 is 1.97 bits per heavy atom. The molecule has 1 aliphatic rings. The summed E-state index contributed by atoms with van der Waals surface area (Å²) in [6.07, 6.45) is 3.02. The van der Waals surface area contributed by atoms with Gasteiger partial charge in [0.2, 0.25) is 0 Å². The Balaban J connectivity index is 1.39. The molecule has 2 heterocycles. The number of nitrogens with zero attached hydrogens (tertiary/aromatic N) is 2. The van der Waals surface area contributed by atoms with Crippen LogP contribution < -0.4 is 15.4 Å². The van der Waals surface area contributed by atoms with Gasteiger partial charge in [-0.3, -0.25) is 4.79 Å². The van der Waals surface area contributed by atoms with Crippen molar-refractivity contribution in [3.05, 3.63) is 72.1 Å². The van der Waals surface area contributed by atoms with E-state index in [1.54, 1.807) is 18.3 Å². The van der Waals surface area contributed by atoms with Crippen molar-refractivity contribution >= 4 is 11.6 Å². The molecule has 0 unspecified atom stereocenters. The zero-order valence-corrected chi connectivity index (χ0v) is 15.9. The summed E-state index contributed by atoms with van der Waals surface area (Å²) in [7, 11) is 0. The first-order valence-electron chi connectivity index (χ1n) is 9.42. The molecule has 7 nitrogen and oxygen atoms in total. The molecule has 0 saturated carbocycles. The fraction of sp³-hybridized carbons (Fsp3) is 0.238. The first-order chi connectivity index (χ1) is 14.6. The Morgan fingerprint density at radius 1 is 1.20 bits per heavy atom. The predicted octanol–water partition coefficient (Wildman–Crippen LogP) is 3.39. The number of nitrogens with one attached hydrogen (secondary N) is 2. The zero-order chi connectivity index (χ0) is 20.9. The van der Waals surface area contributed by atoms with Crippen LogP contribution in [-0.2, 0) is 4.74 Å². The predicted molar refractivity (Wildman–Crippen MR) is 106 cm³/mol. The Bertz CT molecular complexity index is 984. The molecule has 30 heavy (non-hydrogen) atoms. The van der Waals surface area contributed by atoms with Gasteiger partial charge in [0.1, 0.15) is 5.75 Å². The number of anilines is 1. The molecule has 0 spiro atoms. The van der Waals surface area contributed by atoms with E-state index in [-0.39, 0.29) is 17.8 Å². The van der Waals surface area contributed by atoms with Gasteiger partial charge >= 0.3 is 6.61 Å². The second-order valence-electron chi connectivity index (χ2n) is 6.69. The highest BCUT2D eigenvalue weighted by molar-refractivity contribution is 6.04. The summed E-state index contributed by atoms with van der Waals surface area (Å²) in [5, 5.41) is 10.3. The third-order valence-electron chi connectivity index (χ3n) is 4.64. The van der Waals surface area contributed by atoms with Gasteiger partial charge in [0.15, 0.2) is 0 Å². The van der Waals surface area contributed by atoms with Crippen LogP contribution in [0, 0.1) is 0 Å². The molecular formula is C21H20F2N4O3. The lowest BCUT2D eigenvalue weighted by molar-refractivity contribution is -0.0498. The van der Waals surface area contributed by atoms with Gasteiger partial charge in [-0.1, -0.05) is 12.1 Å². The number of rotatable bonds is 6. The number of halogens is 2. The number of benzene rings is 2. The highest BCUT2D eigenvalue weighted by atomic mass is 19.3. The molecule has 1 amide bonds. The second kappa shape index (κ2) is 9.02. The first kappa shape index (κ1) is 20.0. The van der Waals surface area contributed by atoms with Crippen molar-refractivity contribution in [2.24, 2.45) is 0 Å². The fourth-order valence-electron chi connectivity index (χ4n) is 3.13. The van der Waals surface area contributed by atoms with Gasteiger partial charge in [-0.15, -0.1) is 0 Å². The van der Waals surface area contributed by atoms with Gasteiger partial charge in [-0.05, 0) is 42.0 Å². The van der Waals surface area contributed by atoms with E-state index in [2.05, 4.69) is 20.5 Å². The Hall–Kier alpha value is -3.30. The van der Waals surface area contributed by atoms with Crippen molar-refractivity contribution in [3.63, 3.8) is 0 Å². The summed E-state index contributed by atoms with van der Waals surface area (Å²) in [6, 6.07) is 13.5. The maximum absolute atomic E-state index is 12.5. The van der Waals surface area contributed by atoms with Crippen molar-refractivity contribution < 1.29 is 23.0 Å². The first-order valence-corrected chi connectivity index (χ1v) is 9.42. The standard InChI is InChI=1S/C21H20F2N4O3/c22-21(23)30-18-7-5-17(6-8-18)27-13-15(11-25-27)20(28)26-16-3-1-14(2-4-16)19-12-24-9-10-29-19/h1-8,11,13,19,21,24H,9-10,12H2,(H,26,28)/t19-/m1/s1. The third-order valence-corrected chi connectivity index (χ3v) is 4.64. The van der Waals surface area contributed by atoms with E-state index >= 15 is 0 Å². The number of alkyl halides is 2. The molecule has 1 aliphatic heterocycles. The van der Waals surface area contributed by atoms with Gasteiger partial charge in [0.25, 0.3) is 5.91 Å². The maximum atomic E-state index is 12.5. The number of amides is 1. The molecule has 1 saturated heterocycles. The molecule has 156 valence electrons. The molecule has 1 atom stereocenters. The van der Waals surface area contributed by atoms with Gasteiger partial charge in [-0.25, -0.2) is 4.68 Å². The molecule has 3 aromatic rings. The molecule has 2 aromatic carbocycles. The van der Waals surface area contributed by atoms with E-state index < -0.39 is 6.61 Å². The van der Waals surface area contributed by atoms with Gasteiger partial charge in [0.05, 0.1) is 30.2 Å². The van der Waals surface area contributed by atoms with E-state index in [1.807, 2.05) is 24.3 Å². The number of ether oxygens (including phenoxy) is 2. The molecule has 2 N–H and O–H groups in total. The van der Waals surface area contributed by atoms with Crippen LogP contribution in [0.15, 0.2) is 60.9 Å². The largest absolute Gasteiger partial charge is 0.435 e. The van der Waals surface area contributed by atoms with Crippen molar-refractivity contribution in [2.45, 2.75) is 12.7 Å². The molecule has 1 fully saturated rings. The summed E-state index contributed by atoms with van der Waals surface area (Å²) >= 11 is 0. The van der Waals surface area contributed by atoms with Crippen LogP contribution in [0.3, 0.4) is 0 Å². The summed E-state index contributed by atoms with van der Waals surface area (Å²) in [5.74, 6) is -0.251. The molecule has 0 radical (unpaired) electrons. The summed E-state index contributed by atoms with van der Waals surface area (Å²) < 4.78 is 36.0. The normalized spacial score (nSPS) is 16.4. The minimum absolute atomic E-state index is 0.0132. The average Bonchev–Trinajstić information content (AvgIpc) is 3.25. The number of carbonyl (C=O) groups is 1. The monoisotopic (exact) mass is 414 g/mol. The second-order valence-corrected chi connectivity index (χ2v) is 6.69. The number of morpholine rings is 1. The summed E-state index contributed by atoms with van der Waals surface area (Å²) in [5.41, 5.74) is 2.69. The van der Waals surface area contributed by atoms with Crippen LogP contribution in [0.2, 0.25) is 0 Å². The SMILES string of the molecule is O=C(Nc1ccc([C@H]2CNCCO2)cc1)c1cnn(-c2ccc(OC(F)F)cc2)c1. The molecule has 9 heteroatoms. The number of hydrogen-bond donors (Lipinski definition) is 2. The van der Waals surface area contributed by atoms with Crippen LogP contribution >= 0.6 is 0 Å². The highest BCUT2D eigenvalue weighted by Gasteiger charge is 2.16. The summed E-state index contributed by atoms with van der Waals surface area (Å²) in [6.45, 7) is -0.585. The minimum atomic E-state index is -2.88. The van der Waals surface area contributed by atoms with Crippen molar-refractivity contribution in [1.29, 1.82) is 0 Å². The number of hydrogen-bond acceptors (Lipinski definition) is 5. The summed E-state index contributed by atoms with van der Waals surface area (Å²) in [4.78, 5) is 12.5. The number of carbonyl (C=O) groups excluding carboxylic acids is 1. The van der Waals surface area contributed by atoms with Crippen LogP contribution in [0.4, 0.5) is 14.5 Å². The topological polar surface area (TPSA) is 77.4 Å². The Labute approximate surface area is 171 Å². The van der Waals surface area contributed by atoms with E-state index in [0.29, 0.717) is 23.5 Å². The smallest absolute Gasteiger partial charge is 0.387 e. The van der Waals surface area contributed by atoms with Gasteiger partial charge < -0.3 is 20.1 Å². The van der Waals surface area contributed by atoms with Crippen molar-refractivity contribution in [2.75, 3.05) is 25.0 Å². The lowest BCUT2D eigenvalue weighted by Gasteiger charge is -2.24. The molecule has 1 aromatic heterocycles. The zero-order valence-electron chi connectivity index (χ0n) is 15.9. The Morgan fingerprint density at radius 3 is 2.63 bits per heavy atom. The molecule has 0 aliphatic carbocycles. The average molecular weight is 414 g/mol. The molecule has 0 bridgehead atoms. The van der Waals surface area contributed by atoms with E-state index in [1.165, 1.54) is 23.0 Å². The van der Waals surface area contributed by atoms with E-state index in [4.69, 9.17) is 4.74 Å². The quantitative estimate of drug-likeness (QED) is 0.647. The van der Waals surface area contributed by atoms with E-state index in [0.717, 1.165) is 18.7 Å². The highest BCUT2D eigenvalue weighted by Crippen LogP contribution is 2.21. The third kappa shape index (κ3) is 4.81. The maximum Gasteiger partial charge on any atom is 0.387 e. The van der Waals surface area contributed by atoms with Crippen LogP contribution in [0.25, 0.3) is 5.69 Å². The van der Waals surface area contributed by atoms with Crippen LogP contribution in [0.1, 0.15) is 22.0 Å². The lowest BCUT2D eigenvalue weighted by atomic mass is 10.1. The van der Waals surface area contributed by atoms with Gasteiger partial charge in [0, 0.05) is 25.0 Å².